The second kappa shape index (κ2) is 7.48. The summed E-state index contributed by atoms with van der Waals surface area (Å²) in [5.41, 5.74) is 3.86. The smallest absolute Gasteiger partial charge is 0.263 e. The number of methoxy groups -OCH3 is 1. The van der Waals surface area contributed by atoms with E-state index in [1.54, 1.807) is 7.11 Å². The summed E-state index contributed by atoms with van der Waals surface area (Å²) in [6.07, 6.45) is 1.97. The van der Waals surface area contributed by atoms with E-state index in [-0.39, 0.29) is 11.9 Å². The van der Waals surface area contributed by atoms with Crippen LogP contribution in [0, 0.1) is 6.92 Å². The van der Waals surface area contributed by atoms with Gasteiger partial charge < -0.3 is 10.1 Å². The van der Waals surface area contributed by atoms with E-state index in [1.165, 1.54) is 11.3 Å². The van der Waals surface area contributed by atoms with Crippen LogP contribution in [0.4, 0.5) is 0 Å². The number of benzene rings is 2. The van der Waals surface area contributed by atoms with E-state index < -0.39 is 0 Å². The minimum absolute atomic E-state index is 0.0580. The first kappa shape index (κ1) is 18.3. The third kappa shape index (κ3) is 3.39. The van der Waals surface area contributed by atoms with Gasteiger partial charge in [0.25, 0.3) is 5.91 Å². The van der Waals surface area contributed by atoms with E-state index in [1.807, 2.05) is 79.0 Å². The number of nitrogens with one attached hydrogen (secondary N) is 1. The van der Waals surface area contributed by atoms with E-state index >= 15 is 0 Å². The zero-order valence-corrected chi connectivity index (χ0v) is 16.8. The van der Waals surface area contributed by atoms with Crippen molar-refractivity contribution < 1.29 is 9.53 Å². The van der Waals surface area contributed by atoms with Gasteiger partial charge in [0, 0.05) is 17.5 Å². The molecule has 2 heterocycles. The Morgan fingerprint density at radius 1 is 1.14 bits per heavy atom. The van der Waals surface area contributed by atoms with Crippen LogP contribution >= 0.6 is 11.3 Å². The predicted molar refractivity (Wildman–Crippen MR) is 112 cm³/mol. The van der Waals surface area contributed by atoms with E-state index in [9.17, 15) is 4.79 Å². The third-order valence-electron chi connectivity index (χ3n) is 4.80. The number of imidazole rings is 1. The number of aromatic nitrogens is 2. The topological polar surface area (TPSA) is 55.6 Å². The van der Waals surface area contributed by atoms with Crippen molar-refractivity contribution in [1.29, 1.82) is 0 Å². The van der Waals surface area contributed by atoms with Gasteiger partial charge in [-0.3, -0.25) is 9.20 Å². The number of carbonyl (C=O) groups is 1. The fraction of sp³-hybridized carbons (Fsp3) is 0.182. The number of amides is 1. The number of fused-ring (bicyclic) bond motifs is 1. The van der Waals surface area contributed by atoms with Crippen LogP contribution in [0.15, 0.2) is 60.8 Å². The summed E-state index contributed by atoms with van der Waals surface area (Å²) in [7, 11) is 1.65. The van der Waals surface area contributed by atoms with Gasteiger partial charge in [0.1, 0.15) is 10.6 Å². The molecule has 0 fully saturated rings. The molecule has 1 atom stereocenters. The Labute approximate surface area is 167 Å². The molecule has 6 heteroatoms. The number of carbonyl (C=O) groups excluding carboxylic acids is 1. The zero-order chi connectivity index (χ0) is 19.7. The molecular formula is C22H21N3O2S. The lowest BCUT2D eigenvalue weighted by Gasteiger charge is -2.13. The molecule has 2 aromatic heterocycles. The van der Waals surface area contributed by atoms with Crippen LogP contribution in [-0.4, -0.2) is 22.4 Å². The molecule has 0 aliphatic carbocycles. The Morgan fingerprint density at radius 2 is 1.86 bits per heavy atom. The van der Waals surface area contributed by atoms with Crippen LogP contribution in [0.1, 0.15) is 33.9 Å². The van der Waals surface area contributed by atoms with E-state index in [0.29, 0.717) is 4.88 Å². The van der Waals surface area contributed by atoms with Crippen LogP contribution in [-0.2, 0) is 0 Å². The largest absolute Gasteiger partial charge is 0.497 e. The van der Waals surface area contributed by atoms with Gasteiger partial charge in [-0.15, -0.1) is 0 Å². The normalized spacial score (nSPS) is 12.1. The monoisotopic (exact) mass is 391 g/mol. The Balaban J connectivity index is 1.58. The Morgan fingerprint density at radius 3 is 2.50 bits per heavy atom. The fourth-order valence-electron chi connectivity index (χ4n) is 3.15. The Kier molecular flexibility index (Phi) is 4.88. The van der Waals surface area contributed by atoms with Gasteiger partial charge in [-0.2, -0.15) is 0 Å². The molecule has 4 rings (SSSR count). The summed E-state index contributed by atoms with van der Waals surface area (Å²) in [6, 6.07) is 17.7. The number of nitrogens with zero attached hydrogens (tertiary/aromatic N) is 2. The second-order valence-corrected chi connectivity index (χ2v) is 7.61. The highest BCUT2D eigenvalue weighted by Gasteiger charge is 2.20. The molecule has 28 heavy (non-hydrogen) atoms. The van der Waals surface area contributed by atoms with Crippen molar-refractivity contribution in [1.82, 2.24) is 14.7 Å². The predicted octanol–water partition coefficient (Wildman–Crippen LogP) is 4.87. The number of thiazole rings is 1. The van der Waals surface area contributed by atoms with E-state index in [4.69, 9.17) is 9.72 Å². The third-order valence-corrected chi connectivity index (χ3v) is 5.95. The molecule has 0 saturated carbocycles. The SMILES string of the molecule is COc1ccc(-c2cn3c(C)c(C(=O)NC(C)c4ccccc4)sc3n2)cc1. The molecule has 142 valence electrons. The second-order valence-electron chi connectivity index (χ2n) is 6.63. The molecule has 2 aromatic carbocycles. The number of hydrogen-bond donors (Lipinski definition) is 1. The highest BCUT2D eigenvalue weighted by atomic mass is 32.1. The summed E-state index contributed by atoms with van der Waals surface area (Å²) < 4.78 is 7.18. The summed E-state index contributed by atoms with van der Waals surface area (Å²) in [4.78, 5) is 19.0. The van der Waals surface area contributed by atoms with Gasteiger partial charge in [0.2, 0.25) is 0 Å². The van der Waals surface area contributed by atoms with Gasteiger partial charge in [-0.25, -0.2) is 4.98 Å². The van der Waals surface area contributed by atoms with Crippen molar-refractivity contribution in [3.05, 3.63) is 76.9 Å². The summed E-state index contributed by atoms with van der Waals surface area (Å²) in [6.45, 7) is 3.94. The first-order chi connectivity index (χ1) is 13.6. The Bertz CT molecular complexity index is 1110. The van der Waals surface area contributed by atoms with Crippen LogP contribution in [0.25, 0.3) is 16.2 Å². The number of rotatable bonds is 5. The molecular weight excluding hydrogens is 370 g/mol. The number of hydrogen-bond acceptors (Lipinski definition) is 4. The van der Waals surface area contributed by atoms with Crippen molar-refractivity contribution >= 4 is 22.2 Å². The quantitative estimate of drug-likeness (QED) is 0.528. The maximum atomic E-state index is 12.8. The molecule has 1 N–H and O–H groups in total. The molecule has 0 aliphatic rings. The summed E-state index contributed by atoms with van der Waals surface area (Å²) in [5.74, 6) is 0.739. The highest BCUT2D eigenvalue weighted by molar-refractivity contribution is 7.19. The molecule has 0 bridgehead atoms. The molecule has 1 unspecified atom stereocenters. The first-order valence-corrected chi connectivity index (χ1v) is 9.87. The zero-order valence-electron chi connectivity index (χ0n) is 16.0. The molecule has 4 aromatic rings. The molecule has 0 radical (unpaired) electrons. The van der Waals surface area contributed by atoms with E-state index in [0.717, 1.165) is 33.2 Å². The van der Waals surface area contributed by atoms with Crippen molar-refractivity contribution in [2.24, 2.45) is 0 Å². The van der Waals surface area contributed by atoms with Gasteiger partial charge >= 0.3 is 0 Å². The van der Waals surface area contributed by atoms with Crippen molar-refractivity contribution in [3.8, 4) is 17.0 Å². The Hall–Kier alpha value is -3.12. The van der Waals surface area contributed by atoms with Gasteiger partial charge in [0.15, 0.2) is 4.96 Å². The van der Waals surface area contributed by atoms with Crippen molar-refractivity contribution in [2.75, 3.05) is 7.11 Å². The maximum Gasteiger partial charge on any atom is 0.263 e. The van der Waals surface area contributed by atoms with Crippen molar-refractivity contribution in [3.63, 3.8) is 0 Å². The van der Waals surface area contributed by atoms with Crippen LogP contribution in [0.3, 0.4) is 0 Å². The standard InChI is InChI=1S/C22H21N3O2S/c1-14(16-7-5-4-6-8-16)23-21(26)20-15(2)25-13-19(24-22(25)28-20)17-9-11-18(27-3)12-10-17/h4-14H,1-3H3,(H,23,26). The lowest BCUT2D eigenvalue weighted by molar-refractivity contribution is 0.0943. The van der Waals surface area contributed by atoms with E-state index in [2.05, 4.69) is 5.32 Å². The van der Waals surface area contributed by atoms with Crippen LogP contribution < -0.4 is 10.1 Å². The number of ether oxygens (including phenoxy) is 1. The highest BCUT2D eigenvalue weighted by Crippen LogP contribution is 2.28. The van der Waals surface area contributed by atoms with Gasteiger partial charge in [-0.05, 0) is 43.7 Å². The molecule has 1 amide bonds. The molecule has 0 aliphatic heterocycles. The summed E-state index contributed by atoms with van der Waals surface area (Å²) >= 11 is 1.41. The van der Waals surface area contributed by atoms with Crippen LogP contribution in [0.5, 0.6) is 5.75 Å². The van der Waals surface area contributed by atoms with Crippen molar-refractivity contribution in [2.45, 2.75) is 19.9 Å². The first-order valence-electron chi connectivity index (χ1n) is 9.05. The van der Waals surface area contributed by atoms with Crippen LogP contribution in [0.2, 0.25) is 0 Å². The maximum absolute atomic E-state index is 12.8. The molecule has 5 nitrogen and oxygen atoms in total. The van der Waals surface area contributed by atoms with Gasteiger partial charge in [-0.1, -0.05) is 41.7 Å². The fourth-order valence-corrected chi connectivity index (χ4v) is 4.16. The van der Waals surface area contributed by atoms with Gasteiger partial charge in [0.05, 0.1) is 18.8 Å². The lowest BCUT2D eigenvalue weighted by atomic mass is 10.1. The number of aryl methyl sites for hydroxylation is 1. The molecule has 0 spiro atoms. The molecule has 0 saturated heterocycles. The summed E-state index contributed by atoms with van der Waals surface area (Å²) in [5, 5.41) is 3.08. The average molecular weight is 391 g/mol. The average Bonchev–Trinajstić information content (AvgIpc) is 3.28. The minimum Gasteiger partial charge on any atom is -0.497 e. The lowest BCUT2D eigenvalue weighted by Crippen LogP contribution is -2.26. The minimum atomic E-state index is -0.0737.